The molecule has 1 N–H and O–H groups in total. The second kappa shape index (κ2) is 8.43. The average molecular weight is 501 g/mol. The lowest BCUT2D eigenvalue weighted by Crippen LogP contribution is -2.63. The van der Waals surface area contributed by atoms with Gasteiger partial charge < -0.3 is 14.6 Å². The predicted molar refractivity (Wildman–Crippen MR) is 140 cm³/mol. The van der Waals surface area contributed by atoms with Gasteiger partial charge in [-0.2, -0.15) is 0 Å². The number of carbonyl (C=O) groups is 3. The van der Waals surface area contributed by atoms with Crippen molar-refractivity contribution in [2.75, 3.05) is 7.11 Å². The fraction of sp³-hybridized carbons (Fsp3) is 0.839. The van der Waals surface area contributed by atoms with Crippen LogP contribution in [0.1, 0.15) is 106 Å². The van der Waals surface area contributed by atoms with Gasteiger partial charge in [-0.15, -0.1) is 0 Å². The van der Waals surface area contributed by atoms with E-state index in [0.717, 1.165) is 51.2 Å². The number of methoxy groups -OCH3 is 1. The van der Waals surface area contributed by atoms with Crippen LogP contribution in [0.3, 0.4) is 0 Å². The van der Waals surface area contributed by atoms with E-state index in [1.165, 1.54) is 12.7 Å². The highest BCUT2D eigenvalue weighted by atomic mass is 16.5. The molecule has 8 unspecified atom stereocenters. The van der Waals surface area contributed by atoms with E-state index in [0.29, 0.717) is 12.8 Å². The summed E-state index contributed by atoms with van der Waals surface area (Å²) in [6.07, 6.45) is 11.4. The molecule has 5 heteroatoms. The van der Waals surface area contributed by atoms with Crippen LogP contribution >= 0.6 is 0 Å². The first kappa shape index (κ1) is 27.4. The Hall–Kier alpha value is -1.65. The second-order valence-corrected chi connectivity index (χ2v) is 14.7. The van der Waals surface area contributed by atoms with Crippen molar-refractivity contribution in [3.8, 4) is 0 Å². The molecule has 4 aliphatic carbocycles. The van der Waals surface area contributed by atoms with Crippen LogP contribution < -0.4 is 0 Å². The zero-order chi connectivity index (χ0) is 26.9. The monoisotopic (exact) mass is 500 g/mol. The van der Waals surface area contributed by atoms with Gasteiger partial charge in [0.2, 0.25) is 0 Å². The van der Waals surface area contributed by atoms with Crippen molar-refractivity contribution in [3.63, 3.8) is 0 Å². The normalized spacial score (nSPS) is 46.4. The number of ether oxygens (including phenoxy) is 1. The van der Waals surface area contributed by atoms with Crippen LogP contribution in [-0.4, -0.2) is 30.4 Å². The summed E-state index contributed by atoms with van der Waals surface area (Å²) in [7, 11) is 1.46. The number of aliphatic carboxylic acids is 1. The summed E-state index contributed by atoms with van der Waals surface area (Å²) in [4.78, 5) is 37.3. The largest absolute Gasteiger partial charge is 0.481 e. The number of aldehydes is 1. The summed E-state index contributed by atoms with van der Waals surface area (Å²) in [6.45, 7) is 15.4. The van der Waals surface area contributed by atoms with Crippen LogP contribution in [0.4, 0.5) is 0 Å². The molecule has 4 aliphatic rings. The molecule has 202 valence electrons. The smallest absolute Gasteiger partial charge is 0.311 e. The first-order valence-electron chi connectivity index (χ1n) is 14.0. The molecule has 8 atom stereocenters. The van der Waals surface area contributed by atoms with Gasteiger partial charge in [0.15, 0.2) is 0 Å². The minimum absolute atomic E-state index is 0.0179. The average Bonchev–Trinajstić information content (AvgIpc) is 2.80. The standard InChI is InChI=1S/C31H48O5/c1-26(2,25(35)36-8)22-11-12-31(7)23(29(22,5)17-18-32)10-9-20-21-19-28(4,24(33)34)14-13-27(21,3)15-16-30(20,31)6/h9,18,21-23H,10-17,19H2,1-8H3,(H,33,34). The van der Waals surface area contributed by atoms with Gasteiger partial charge in [0, 0.05) is 6.42 Å². The number of rotatable bonds is 5. The molecule has 0 aromatic rings. The fourth-order valence-electron chi connectivity index (χ4n) is 9.97. The topological polar surface area (TPSA) is 80.7 Å². The van der Waals surface area contributed by atoms with Crippen molar-refractivity contribution in [3.05, 3.63) is 11.6 Å². The third-order valence-corrected chi connectivity index (χ3v) is 12.7. The van der Waals surface area contributed by atoms with Gasteiger partial charge >= 0.3 is 11.9 Å². The number of esters is 1. The highest BCUT2D eigenvalue weighted by Crippen LogP contribution is 2.74. The lowest BCUT2D eigenvalue weighted by Gasteiger charge is -2.69. The molecule has 0 heterocycles. The van der Waals surface area contributed by atoms with Crippen molar-refractivity contribution < 1.29 is 24.2 Å². The van der Waals surface area contributed by atoms with Crippen LogP contribution in [-0.2, 0) is 19.1 Å². The Bertz CT molecular complexity index is 981. The number of allylic oxidation sites excluding steroid dienone is 2. The SMILES string of the molecule is COC(=O)C(C)(C)C1CCC2(C)C(CC=C3C4CC(C)(C(=O)O)CCC4(C)CCC32C)C1(C)CC=O. The summed E-state index contributed by atoms with van der Waals surface area (Å²) in [5, 5.41) is 10.1. The molecular weight excluding hydrogens is 452 g/mol. The summed E-state index contributed by atoms with van der Waals surface area (Å²) in [6, 6.07) is 0. The Morgan fingerprint density at radius 3 is 2.31 bits per heavy atom. The Kier molecular flexibility index (Phi) is 6.41. The van der Waals surface area contributed by atoms with Gasteiger partial charge in [0.05, 0.1) is 17.9 Å². The zero-order valence-electron chi connectivity index (χ0n) is 23.8. The molecular formula is C31H48O5. The third-order valence-electron chi connectivity index (χ3n) is 12.7. The van der Waals surface area contributed by atoms with Gasteiger partial charge in [-0.3, -0.25) is 9.59 Å². The summed E-state index contributed by atoms with van der Waals surface area (Å²) >= 11 is 0. The van der Waals surface area contributed by atoms with Gasteiger partial charge in [0.25, 0.3) is 0 Å². The van der Waals surface area contributed by atoms with E-state index in [2.05, 4.69) is 33.8 Å². The number of carbonyl (C=O) groups excluding carboxylic acids is 2. The molecule has 36 heavy (non-hydrogen) atoms. The lowest BCUT2D eigenvalue weighted by atomic mass is 9.35. The van der Waals surface area contributed by atoms with E-state index < -0.39 is 16.8 Å². The zero-order valence-corrected chi connectivity index (χ0v) is 23.8. The summed E-state index contributed by atoms with van der Waals surface area (Å²) < 4.78 is 5.23. The van der Waals surface area contributed by atoms with Gasteiger partial charge in [-0.05, 0) is 112 Å². The minimum Gasteiger partial charge on any atom is -0.481 e. The van der Waals surface area contributed by atoms with E-state index in [-0.39, 0.29) is 45.4 Å². The maximum atomic E-state index is 12.9. The minimum atomic E-state index is -0.671. The molecule has 0 saturated heterocycles. The molecule has 0 spiro atoms. The fourth-order valence-corrected chi connectivity index (χ4v) is 9.97. The van der Waals surface area contributed by atoms with Crippen molar-refractivity contribution in [2.45, 2.75) is 106 Å². The quantitative estimate of drug-likeness (QED) is 0.254. The van der Waals surface area contributed by atoms with E-state index in [4.69, 9.17) is 4.74 Å². The van der Waals surface area contributed by atoms with Crippen LogP contribution in [0, 0.1) is 50.2 Å². The van der Waals surface area contributed by atoms with Crippen molar-refractivity contribution in [1.29, 1.82) is 0 Å². The van der Waals surface area contributed by atoms with Crippen LogP contribution in [0.25, 0.3) is 0 Å². The van der Waals surface area contributed by atoms with Crippen molar-refractivity contribution >= 4 is 18.2 Å². The van der Waals surface area contributed by atoms with E-state index in [1.54, 1.807) is 0 Å². The van der Waals surface area contributed by atoms with E-state index >= 15 is 0 Å². The van der Waals surface area contributed by atoms with E-state index in [1.807, 2.05) is 20.8 Å². The van der Waals surface area contributed by atoms with Gasteiger partial charge in [-0.25, -0.2) is 0 Å². The molecule has 0 amide bonds. The molecule has 5 nitrogen and oxygen atoms in total. The molecule has 0 radical (unpaired) electrons. The Balaban J connectivity index is 1.80. The third kappa shape index (κ3) is 3.50. The van der Waals surface area contributed by atoms with E-state index in [9.17, 15) is 19.5 Å². The maximum absolute atomic E-state index is 12.9. The second-order valence-electron chi connectivity index (χ2n) is 14.7. The van der Waals surface area contributed by atoms with Crippen molar-refractivity contribution in [2.24, 2.45) is 50.2 Å². The molecule has 4 rings (SSSR count). The Morgan fingerprint density at radius 1 is 1.08 bits per heavy atom. The highest BCUT2D eigenvalue weighted by Gasteiger charge is 2.67. The number of hydrogen-bond donors (Lipinski definition) is 1. The lowest BCUT2D eigenvalue weighted by molar-refractivity contribution is -0.184. The summed E-state index contributed by atoms with van der Waals surface area (Å²) in [5.74, 6) is -0.259. The van der Waals surface area contributed by atoms with Crippen LogP contribution in [0.2, 0.25) is 0 Å². The first-order valence-corrected chi connectivity index (χ1v) is 14.0. The Labute approximate surface area is 217 Å². The molecule has 3 fully saturated rings. The van der Waals surface area contributed by atoms with Crippen LogP contribution in [0.15, 0.2) is 11.6 Å². The number of hydrogen-bond acceptors (Lipinski definition) is 4. The summed E-state index contributed by atoms with van der Waals surface area (Å²) in [5.41, 5.74) is -0.0790. The predicted octanol–water partition coefficient (Wildman–Crippen LogP) is 6.84. The molecule has 0 aromatic carbocycles. The molecule has 0 bridgehead atoms. The maximum Gasteiger partial charge on any atom is 0.311 e. The van der Waals surface area contributed by atoms with Gasteiger partial charge in [-0.1, -0.05) is 39.3 Å². The highest BCUT2D eigenvalue weighted by molar-refractivity contribution is 5.76. The van der Waals surface area contributed by atoms with Gasteiger partial charge in [0.1, 0.15) is 6.29 Å². The number of fused-ring (bicyclic) bond motifs is 5. The van der Waals surface area contributed by atoms with Crippen LogP contribution in [0.5, 0.6) is 0 Å². The number of carboxylic acid groups (broad SMARTS) is 1. The van der Waals surface area contributed by atoms with Crippen molar-refractivity contribution in [1.82, 2.24) is 0 Å². The number of carboxylic acids is 1. The molecule has 0 aliphatic heterocycles. The molecule has 0 aromatic heterocycles. The molecule has 3 saturated carbocycles. The Morgan fingerprint density at radius 2 is 1.72 bits per heavy atom. The first-order chi connectivity index (χ1) is 16.6.